The zero-order valence-corrected chi connectivity index (χ0v) is 11.3. The number of rotatable bonds is 2. The predicted octanol–water partition coefficient (Wildman–Crippen LogP) is 2.17. The largest absolute Gasteiger partial charge is 0.305 e. The number of carbonyl (C=O) groups excluding carboxylic acids is 1. The number of hydrogen-bond acceptors (Lipinski definition) is 3. The number of imidazole rings is 1. The van der Waals surface area contributed by atoms with E-state index in [4.69, 9.17) is 11.6 Å². The van der Waals surface area contributed by atoms with Crippen molar-refractivity contribution in [2.75, 3.05) is 0 Å². The molecule has 0 saturated carbocycles. The highest BCUT2D eigenvalue weighted by molar-refractivity contribution is 6.32. The Hall–Kier alpha value is -2.40. The number of carbonyl (C=O) groups is 1. The molecule has 0 amide bonds. The fourth-order valence-electron chi connectivity index (χ4n) is 2.21. The van der Waals surface area contributed by atoms with Crippen molar-refractivity contribution in [2.45, 2.75) is 0 Å². The van der Waals surface area contributed by atoms with Gasteiger partial charge in [0.05, 0.1) is 11.9 Å². The Morgan fingerprint density at radius 3 is 2.60 bits per heavy atom. The molecule has 0 aliphatic rings. The monoisotopic (exact) mass is 287 g/mol. The van der Waals surface area contributed by atoms with Gasteiger partial charge in [0.2, 0.25) is 5.65 Å². The third-order valence-corrected chi connectivity index (χ3v) is 3.53. The van der Waals surface area contributed by atoms with Crippen LogP contribution >= 0.6 is 11.6 Å². The highest BCUT2D eigenvalue weighted by atomic mass is 35.5. The first-order chi connectivity index (χ1) is 9.65. The van der Waals surface area contributed by atoms with E-state index in [9.17, 15) is 9.59 Å². The van der Waals surface area contributed by atoms with Crippen LogP contribution in [-0.4, -0.2) is 20.2 Å². The molecule has 0 N–H and O–H groups in total. The lowest BCUT2D eigenvalue weighted by Crippen LogP contribution is -2.22. The summed E-state index contributed by atoms with van der Waals surface area (Å²) in [7, 11) is 1.63. The number of nitrogens with zero attached hydrogens (tertiary/aromatic N) is 3. The summed E-state index contributed by atoms with van der Waals surface area (Å²) >= 11 is 6.38. The first-order valence-corrected chi connectivity index (χ1v) is 6.29. The highest BCUT2D eigenvalue weighted by Gasteiger charge is 2.18. The summed E-state index contributed by atoms with van der Waals surface area (Å²) < 4.78 is 2.81. The zero-order chi connectivity index (χ0) is 14.3. The molecule has 0 aliphatic carbocycles. The van der Waals surface area contributed by atoms with Crippen LogP contribution in [0.2, 0.25) is 5.15 Å². The number of halogens is 1. The van der Waals surface area contributed by atoms with Crippen LogP contribution < -0.4 is 5.56 Å². The van der Waals surface area contributed by atoms with Crippen molar-refractivity contribution >= 4 is 23.5 Å². The van der Waals surface area contributed by atoms with Gasteiger partial charge in [-0.3, -0.25) is 14.0 Å². The van der Waals surface area contributed by atoms with Gasteiger partial charge < -0.3 is 4.57 Å². The van der Waals surface area contributed by atoms with Crippen LogP contribution in [-0.2, 0) is 7.05 Å². The second kappa shape index (κ2) is 4.61. The summed E-state index contributed by atoms with van der Waals surface area (Å²) in [5, 5.41) is 0.285. The number of hydrogen-bond donors (Lipinski definition) is 0. The van der Waals surface area contributed by atoms with Gasteiger partial charge in [-0.05, 0) is 0 Å². The Balaban J connectivity index is 2.50. The first-order valence-electron chi connectivity index (χ1n) is 5.91. The number of aldehydes is 1. The van der Waals surface area contributed by atoms with E-state index in [1.807, 2.05) is 30.3 Å². The van der Waals surface area contributed by atoms with Crippen LogP contribution in [0.1, 0.15) is 10.5 Å². The Morgan fingerprint density at radius 1 is 1.25 bits per heavy atom. The van der Waals surface area contributed by atoms with Crippen molar-refractivity contribution in [2.24, 2.45) is 7.05 Å². The standard InChI is InChI=1S/C14H10ClN3O2/c1-17-11(9-5-3-2-4-6-9)12(15)18-10(8-19)7-16-13(18)14(17)20/h2-8H,1H3. The van der Waals surface area contributed by atoms with Crippen molar-refractivity contribution < 1.29 is 4.79 Å². The molecule has 0 fully saturated rings. The minimum absolute atomic E-state index is 0.138. The van der Waals surface area contributed by atoms with Gasteiger partial charge in [-0.25, -0.2) is 4.98 Å². The van der Waals surface area contributed by atoms with Gasteiger partial charge in [0, 0.05) is 12.6 Å². The van der Waals surface area contributed by atoms with E-state index < -0.39 is 0 Å². The lowest BCUT2D eigenvalue weighted by molar-refractivity contribution is 0.111. The second-order valence-corrected chi connectivity index (χ2v) is 4.69. The normalized spacial score (nSPS) is 10.9. The number of benzene rings is 1. The van der Waals surface area contributed by atoms with Gasteiger partial charge >= 0.3 is 0 Å². The quantitative estimate of drug-likeness (QED) is 0.679. The van der Waals surface area contributed by atoms with E-state index in [-0.39, 0.29) is 22.1 Å². The van der Waals surface area contributed by atoms with Crippen LogP contribution in [0.5, 0.6) is 0 Å². The minimum Gasteiger partial charge on any atom is -0.305 e. The molecule has 0 atom stereocenters. The molecule has 2 aromatic heterocycles. The summed E-state index contributed by atoms with van der Waals surface area (Å²) in [6, 6.07) is 9.29. The highest BCUT2D eigenvalue weighted by Crippen LogP contribution is 2.27. The molecule has 3 aromatic rings. The molecular formula is C14H10ClN3O2. The van der Waals surface area contributed by atoms with Gasteiger partial charge in [-0.15, -0.1) is 0 Å². The van der Waals surface area contributed by atoms with E-state index in [1.54, 1.807) is 7.05 Å². The fraction of sp³-hybridized carbons (Fsp3) is 0.0714. The van der Waals surface area contributed by atoms with E-state index in [1.165, 1.54) is 15.2 Å². The molecule has 0 saturated heterocycles. The lowest BCUT2D eigenvalue weighted by Gasteiger charge is -2.12. The smallest absolute Gasteiger partial charge is 0.294 e. The molecule has 0 spiro atoms. The summed E-state index contributed by atoms with van der Waals surface area (Å²) in [5.41, 5.74) is 1.43. The fourth-order valence-corrected chi connectivity index (χ4v) is 2.62. The maximum Gasteiger partial charge on any atom is 0.294 e. The minimum atomic E-state index is -0.304. The molecule has 20 heavy (non-hydrogen) atoms. The summed E-state index contributed by atoms with van der Waals surface area (Å²) in [6.07, 6.45) is 1.96. The zero-order valence-electron chi connectivity index (χ0n) is 10.6. The van der Waals surface area contributed by atoms with Gasteiger partial charge in [0.25, 0.3) is 5.56 Å². The summed E-state index contributed by atoms with van der Waals surface area (Å²) in [6.45, 7) is 0. The van der Waals surface area contributed by atoms with E-state index >= 15 is 0 Å². The molecule has 0 aliphatic heterocycles. The molecule has 2 heterocycles. The van der Waals surface area contributed by atoms with E-state index in [0.29, 0.717) is 12.0 Å². The third kappa shape index (κ3) is 1.67. The topological polar surface area (TPSA) is 56.4 Å². The van der Waals surface area contributed by atoms with E-state index in [2.05, 4.69) is 4.98 Å². The van der Waals surface area contributed by atoms with Gasteiger partial charge in [0.1, 0.15) is 10.8 Å². The second-order valence-electron chi connectivity index (χ2n) is 4.33. The predicted molar refractivity (Wildman–Crippen MR) is 76.3 cm³/mol. The van der Waals surface area contributed by atoms with Crippen molar-refractivity contribution in [3.05, 3.63) is 57.7 Å². The average Bonchev–Trinajstić information content (AvgIpc) is 2.90. The van der Waals surface area contributed by atoms with Crippen LogP contribution in [0.3, 0.4) is 0 Å². The van der Waals surface area contributed by atoms with Gasteiger partial charge in [-0.2, -0.15) is 0 Å². The Kier molecular flexibility index (Phi) is 2.91. The van der Waals surface area contributed by atoms with Gasteiger partial charge in [0.15, 0.2) is 6.29 Å². The van der Waals surface area contributed by atoms with Gasteiger partial charge in [-0.1, -0.05) is 41.9 Å². The average molecular weight is 288 g/mol. The molecule has 0 radical (unpaired) electrons. The first kappa shape index (κ1) is 12.6. The number of fused-ring (bicyclic) bond motifs is 1. The maximum absolute atomic E-state index is 12.3. The third-order valence-electron chi connectivity index (χ3n) is 3.18. The SMILES string of the molecule is Cn1c(-c2ccccc2)c(Cl)n2c(C=O)cnc2c1=O. The molecule has 6 heteroatoms. The number of aromatic nitrogens is 3. The van der Waals surface area contributed by atoms with E-state index in [0.717, 1.165) is 5.56 Å². The van der Waals surface area contributed by atoms with Crippen LogP contribution in [0.25, 0.3) is 16.9 Å². The van der Waals surface area contributed by atoms with Crippen LogP contribution in [0.15, 0.2) is 41.3 Å². The van der Waals surface area contributed by atoms with Crippen molar-refractivity contribution in [3.63, 3.8) is 0 Å². The van der Waals surface area contributed by atoms with Crippen molar-refractivity contribution in [1.29, 1.82) is 0 Å². The maximum atomic E-state index is 12.3. The molecule has 3 rings (SSSR count). The molecule has 5 nitrogen and oxygen atoms in total. The Morgan fingerprint density at radius 2 is 1.95 bits per heavy atom. The molecule has 0 unspecified atom stereocenters. The Labute approximate surface area is 119 Å². The van der Waals surface area contributed by atoms with Crippen molar-refractivity contribution in [3.8, 4) is 11.3 Å². The summed E-state index contributed by atoms with van der Waals surface area (Å²) in [4.78, 5) is 27.3. The lowest BCUT2D eigenvalue weighted by atomic mass is 10.1. The Bertz CT molecular complexity index is 865. The van der Waals surface area contributed by atoms with Crippen molar-refractivity contribution in [1.82, 2.24) is 14.0 Å². The summed E-state index contributed by atoms with van der Waals surface area (Å²) in [5.74, 6) is 0. The molecule has 1 aromatic carbocycles. The van der Waals surface area contributed by atoms with Crippen LogP contribution in [0.4, 0.5) is 0 Å². The molecular weight excluding hydrogens is 278 g/mol. The molecule has 0 bridgehead atoms. The molecule has 100 valence electrons. The van der Waals surface area contributed by atoms with Crippen LogP contribution in [0, 0.1) is 0 Å².